The number of nitrogens with zero attached hydrogens (tertiary/aromatic N) is 3. The average molecular weight is 837 g/mol. The molecule has 2 atom stereocenters. The van der Waals surface area contributed by atoms with E-state index >= 15 is 4.39 Å². The second-order valence-electron chi connectivity index (χ2n) is 16.2. The molecule has 1 unspecified atom stereocenters. The maximum absolute atomic E-state index is 15.1. The molecule has 1 aliphatic rings. The number of rotatable bonds is 17. The molecule has 8 rings (SSSR count). The number of benzene rings is 3. The predicted octanol–water partition coefficient (Wildman–Crippen LogP) is 11.0. The summed E-state index contributed by atoms with van der Waals surface area (Å²) < 4.78 is 39.9. The molecule has 0 amide bonds. The van der Waals surface area contributed by atoms with Crippen molar-refractivity contribution in [2.75, 3.05) is 27.4 Å². The van der Waals surface area contributed by atoms with Crippen LogP contribution in [0.4, 0.5) is 4.39 Å². The molecular formula is C51H53FN4O6. The standard InChI is InChI=1S/C51H53FN4O6/c1-7-32-18-23-42-39(26-32)44(37-21-15-30(3)53-48(37)59-5)46(55-42)50(57)62-25-11-13-34-28-35(34)20-17-33-19-24-43-40(27-33)45(38-22-16-31(4)54-49(38)60-6)47(51(58)61-8-2)56(43)29-36-12-9-10-14-41(36)52/h9-10,12,14-16,18-19,21-24,26-27,34-35,55H,7-8,11,13,17,20,25,28-29H2,1-6H3/t34?,35-/m0/s1. The normalized spacial score (nSPS) is 14.6. The van der Waals surface area contributed by atoms with E-state index in [4.69, 9.17) is 18.9 Å². The topological polar surface area (TPSA) is 118 Å². The highest BCUT2D eigenvalue weighted by atomic mass is 19.1. The summed E-state index contributed by atoms with van der Waals surface area (Å²) in [7, 11) is 3.16. The number of methoxy groups -OCH3 is 2. The number of aromatic amines is 1. The Hall–Kier alpha value is -6.49. The van der Waals surface area contributed by atoms with Crippen LogP contribution in [-0.2, 0) is 28.9 Å². The van der Waals surface area contributed by atoms with E-state index in [9.17, 15) is 9.59 Å². The molecule has 1 aliphatic carbocycles. The van der Waals surface area contributed by atoms with Crippen LogP contribution < -0.4 is 9.47 Å². The number of ether oxygens (including phenoxy) is 4. The highest BCUT2D eigenvalue weighted by Gasteiger charge is 2.36. The Kier molecular flexibility index (Phi) is 12.4. The minimum atomic E-state index is -0.498. The van der Waals surface area contributed by atoms with Crippen molar-refractivity contribution in [2.24, 2.45) is 11.8 Å². The summed E-state index contributed by atoms with van der Waals surface area (Å²) in [6.07, 6.45) is 5.60. The zero-order valence-electron chi connectivity index (χ0n) is 36.3. The van der Waals surface area contributed by atoms with Gasteiger partial charge >= 0.3 is 11.9 Å². The van der Waals surface area contributed by atoms with Crippen molar-refractivity contribution in [3.63, 3.8) is 0 Å². The summed E-state index contributed by atoms with van der Waals surface area (Å²) >= 11 is 0. The summed E-state index contributed by atoms with van der Waals surface area (Å²) in [6.45, 7) is 8.33. The number of fused-ring (bicyclic) bond motifs is 2. The zero-order chi connectivity index (χ0) is 43.5. The van der Waals surface area contributed by atoms with Crippen LogP contribution in [0.25, 0.3) is 44.1 Å². The van der Waals surface area contributed by atoms with Crippen LogP contribution in [-0.4, -0.2) is 58.9 Å². The first-order chi connectivity index (χ1) is 30.1. The number of nitrogens with one attached hydrogen (secondary N) is 1. The van der Waals surface area contributed by atoms with Crippen LogP contribution in [0.2, 0.25) is 0 Å². The number of pyridine rings is 2. The summed E-state index contributed by atoms with van der Waals surface area (Å²) in [4.78, 5) is 40.1. The molecule has 4 aromatic heterocycles. The number of hydrogen-bond acceptors (Lipinski definition) is 8. The smallest absolute Gasteiger partial charge is 0.355 e. The first-order valence-electron chi connectivity index (χ1n) is 21.5. The molecule has 7 aromatic rings. The van der Waals surface area contributed by atoms with E-state index in [-0.39, 0.29) is 19.0 Å². The van der Waals surface area contributed by atoms with Gasteiger partial charge in [-0.25, -0.2) is 23.9 Å². The van der Waals surface area contributed by atoms with Crippen LogP contribution >= 0.6 is 0 Å². The van der Waals surface area contributed by atoms with Crippen molar-refractivity contribution >= 4 is 33.7 Å². The van der Waals surface area contributed by atoms with Crippen LogP contribution in [0.5, 0.6) is 11.8 Å². The molecule has 0 bridgehead atoms. The number of carbonyl (C=O) groups is 2. The monoisotopic (exact) mass is 836 g/mol. The quantitative estimate of drug-likeness (QED) is 0.0712. The van der Waals surface area contributed by atoms with Gasteiger partial charge in [-0.15, -0.1) is 0 Å². The van der Waals surface area contributed by atoms with Gasteiger partial charge in [-0.1, -0.05) is 37.3 Å². The second kappa shape index (κ2) is 18.2. The van der Waals surface area contributed by atoms with Gasteiger partial charge in [0.15, 0.2) is 0 Å². The molecule has 1 N–H and O–H groups in total. The molecule has 4 heterocycles. The van der Waals surface area contributed by atoms with Crippen LogP contribution in [0.1, 0.15) is 88.6 Å². The molecule has 1 saturated carbocycles. The number of carbonyl (C=O) groups excluding carboxylic acids is 2. The maximum Gasteiger partial charge on any atom is 0.355 e. The van der Waals surface area contributed by atoms with Gasteiger partial charge in [0.1, 0.15) is 17.2 Å². The molecule has 0 spiro atoms. The van der Waals surface area contributed by atoms with Crippen LogP contribution in [0.15, 0.2) is 84.9 Å². The molecule has 11 heteroatoms. The van der Waals surface area contributed by atoms with Crippen molar-refractivity contribution in [1.82, 2.24) is 19.5 Å². The average Bonchev–Trinajstić information content (AvgIpc) is 3.81. The Bertz CT molecular complexity index is 2790. The van der Waals surface area contributed by atoms with Gasteiger partial charge in [-0.3, -0.25) is 0 Å². The van der Waals surface area contributed by atoms with Gasteiger partial charge < -0.3 is 28.5 Å². The Labute approximate surface area is 361 Å². The Morgan fingerprint density at radius 2 is 1.45 bits per heavy atom. The summed E-state index contributed by atoms with van der Waals surface area (Å²) in [5.74, 6) is 0.747. The lowest BCUT2D eigenvalue weighted by Gasteiger charge is -2.13. The predicted molar refractivity (Wildman–Crippen MR) is 240 cm³/mol. The minimum absolute atomic E-state index is 0.138. The van der Waals surface area contributed by atoms with E-state index in [1.165, 1.54) is 11.6 Å². The SMILES string of the molecule is CCOC(=O)c1c(-c2ccc(C)nc2OC)c2cc(CC[C@H]3CC3CCCOC(=O)c3[nH]c4ccc(CC)cc4c3-c3ccc(C)nc3OC)ccc2n1Cc1ccccc1F. The lowest BCUT2D eigenvalue weighted by atomic mass is 9.98. The van der Waals surface area contributed by atoms with Crippen molar-refractivity contribution in [1.29, 1.82) is 0 Å². The lowest BCUT2D eigenvalue weighted by molar-refractivity contribution is 0.0488. The third kappa shape index (κ3) is 8.53. The van der Waals surface area contributed by atoms with Gasteiger partial charge in [0.25, 0.3) is 0 Å². The number of esters is 2. The Morgan fingerprint density at radius 3 is 2.15 bits per heavy atom. The van der Waals surface area contributed by atoms with Crippen LogP contribution in [0, 0.1) is 31.5 Å². The van der Waals surface area contributed by atoms with Crippen molar-refractivity contribution in [2.45, 2.75) is 72.8 Å². The highest BCUT2D eigenvalue weighted by molar-refractivity contribution is 6.10. The van der Waals surface area contributed by atoms with Gasteiger partial charge in [0, 0.05) is 61.0 Å². The van der Waals surface area contributed by atoms with E-state index in [1.54, 1.807) is 39.3 Å². The van der Waals surface area contributed by atoms with Gasteiger partial charge in [0.05, 0.1) is 34.0 Å². The molecule has 0 radical (unpaired) electrons. The molecule has 1 fully saturated rings. The van der Waals surface area contributed by atoms with E-state index in [1.807, 2.05) is 54.8 Å². The summed E-state index contributed by atoms with van der Waals surface area (Å²) in [5, 5.41) is 1.78. The number of halogens is 1. The molecule has 10 nitrogen and oxygen atoms in total. The molecule has 320 valence electrons. The number of aromatic nitrogens is 4. The zero-order valence-corrected chi connectivity index (χ0v) is 36.3. The van der Waals surface area contributed by atoms with Gasteiger partial charge in [0.2, 0.25) is 11.8 Å². The van der Waals surface area contributed by atoms with Gasteiger partial charge in [-0.05, 0) is 137 Å². The highest BCUT2D eigenvalue weighted by Crippen LogP contribution is 2.46. The third-order valence-corrected chi connectivity index (χ3v) is 12.1. The molecule has 3 aromatic carbocycles. The summed E-state index contributed by atoms with van der Waals surface area (Å²) in [5.41, 5.74) is 9.54. The van der Waals surface area contributed by atoms with E-state index in [0.717, 1.165) is 88.4 Å². The fourth-order valence-corrected chi connectivity index (χ4v) is 8.80. The maximum atomic E-state index is 15.1. The van der Waals surface area contributed by atoms with Gasteiger partial charge in [-0.2, -0.15) is 0 Å². The minimum Gasteiger partial charge on any atom is -0.481 e. The second-order valence-corrected chi connectivity index (χ2v) is 16.2. The fraction of sp³-hybridized carbons (Fsp3) is 0.333. The van der Waals surface area contributed by atoms with Crippen LogP contribution in [0.3, 0.4) is 0 Å². The van der Waals surface area contributed by atoms with Crippen molar-refractivity contribution < 1.29 is 32.9 Å². The first kappa shape index (κ1) is 42.2. The molecule has 62 heavy (non-hydrogen) atoms. The van der Waals surface area contributed by atoms with Crippen molar-refractivity contribution in [3.8, 4) is 34.0 Å². The molecule has 0 aliphatic heterocycles. The fourth-order valence-electron chi connectivity index (χ4n) is 8.80. The Balaban J connectivity index is 0.972. The Morgan fingerprint density at radius 1 is 0.774 bits per heavy atom. The number of aryl methyl sites for hydroxylation is 4. The van der Waals surface area contributed by atoms with E-state index in [0.29, 0.717) is 58.3 Å². The van der Waals surface area contributed by atoms with Crippen molar-refractivity contribution in [3.05, 3.63) is 130 Å². The summed E-state index contributed by atoms with van der Waals surface area (Å²) in [6, 6.07) is 26.8. The first-order valence-corrected chi connectivity index (χ1v) is 21.5. The third-order valence-electron chi connectivity index (χ3n) is 12.1. The molecule has 0 saturated heterocycles. The lowest BCUT2D eigenvalue weighted by Crippen LogP contribution is -2.15. The number of hydrogen-bond donors (Lipinski definition) is 1. The van der Waals surface area contributed by atoms with E-state index < -0.39 is 11.9 Å². The number of H-pyrrole nitrogens is 1. The molecular weight excluding hydrogens is 784 g/mol. The largest absolute Gasteiger partial charge is 0.481 e. The van der Waals surface area contributed by atoms with E-state index in [2.05, 4.69) is 46.1 Å².